The van der Waals surface area contributed by atoms with Crippen LogP contribution in [0.2, 0.25) is 0 Å². The molecular formula is C17H23BrN4O4. The van der Waals surface area contributed by atoms with Crippen molar-refractivity contribution in [1.29, 1.82) is 0 Å². The van der Waals surface area contributed by atoms with E-state index in [2.05, 4.69) is 26.7 Å². The first kappa shape index (κ1) is 20.2. The third-order valence-electron chi connectivity index (χ3n) is 4.17. The number of rotatable bonds is 8. The fourth-order valence-corrected chi connectivity index (χ4v) is 2.62. The number of amides is 4. The zero-order valence-corrected chi connectivity index (χ0v) is 16.6. The molecule has 1 aliphatic rings. The zero-order valence-electron chi connectivity index (χ0n) is 15.0. The Morgan fingerprint density at radius 1 is 1.35 bits per heavy atom. The molecule has 0 bridgehead atoms. The minimum absolute atomic E-state index is 0.0313. The fraction of sp³-hybridized carbons (Fsp3) is 0.471. The summed E-state index contributed by atoms with van der Waals surface area (Å²) in [6, 6.07) is 6.84. The summed E-state index contributed by atoms with van der Waals surface area (Å²) in [6.45, 7) is 4.37. The molecule has 1 saturated heterocycles. The minimum Gasteiger partial charge on any atom is -0.492 e. The van der Waals surface area contributed by atoms with E-state index >= 15 is 0 Å². The molecule has 2 rings (SSSR count). The average molecular weight is 427 g/mol. The van der Waals surface area contributed by atoms with Crippen LogP contribution in [-0.4, -0.2) is 60.0 Å². The number of carbonyl (C=O) groups is 3. The van der Waals surface area contributed by atoms with E-state index in [9.17, 15) is 14.4 Å². The van der Waals surface area contributed by atoms with Crippen LogP contribution in [0.3, 0.4) is 0 Å². The number of ether oxygens (including phenoxy) is 1. The van der Waals surface area contributed by atoms with Gasteiger partial charge in [0.2, 0.25) is 0 Å². The van der Waals surface area contributed by atoms with Crippen molar-refractivity contribution < 1.29 is 19.1 Å². The average Bonchev–Trinajstić information content (AvgIpc) is 2.80. The van der Waals surface area contributed by atoms with Crippen LogP contribution in [0.1, 0.15) is 20.3 Å². The molecule has 1 aromatic carbocycles. The van der Waals surface area contributed by atoms with Gasteiger partial charge >= 0.3 is 6.03 Å². The SMILES string of the molecule is CCC1(C)NC(=O)N(NC(=O)CN(C)CCOc2ccc(Br)cc2)C1=O. The maximum absolute atomic E-state index is 12.2. The Labute approximate surface area is 160 Å². The monoisotopic (exact) mass is 426 g/mol. The van der Waals surface area contributed by atoms with Gasteiger partial charge in [0, 0.05) is 11.0 Å². The Kier molecular flexibility index (Phi) is 6.60. The third kappa shape index (κ3) is 4.95. The normalized spacial score (nSPS) is 19.7. The highest BCUT2D eigenvalue weighted by Crippen LogP contribution is 2.19. The van der Waals surface area contributed by atoms with Gasteiger partial charge in [0.1, 0.15) is 17.9 Å². The number of benzene rings is 1. The Morgan fingerprint density at radius 2 is 2.00 bits per heavy atom. The van der Waals surface area contributed by atoms with Crippen molar-refractivity contribution in [3.63, 3.8) is 0 Å². The second-order valence-electron chi connectivity index (χ2n) is 6.33. The van der Waals surface area contributed by atoms with Gasteiger partial charge < -0.3 is 10.1 Å². The molecule has 1 fully saturated rings. The molecule has 1 unspecified atom stereocenters. The van der Waals surface area contributed by atoms with Crippen molar-refractivity contribution in [2.24, 2.45) is 0 Å². The summed E-state index contributed by atoms with van der Waals surface area (Å²) in [5.41, 5.74) is 1.38. The van der Waals surface area contributed by atoms with Crippen LogP contribution in [0.4, 0.5) is 4.79 Å². The van der Waals surface area contributed by atoms with E-state index in [4.69, 9.17) is 4.74 Å². The predicted molar refractivity (Wildman–Crippen MR) is 99.4 cm³/mol. The van der Waals surface area contributed by atoms with E-state index in [-0.39, 0.29) is 6.54 Å². The van der Waals surface area contributed by atoms with Crippen LogP contribution >= 0.6 is 15.9 Å². The molecule has 1 heterocycles. The topological polar surface area (TPSA) is 91.0 Å². The minimum atomic E-state index is -0.977. The van der Waals surface area contributed by atoms with Crippen LogP contribution in [-0.2, 0) is 9.59 Å². The number of urea groups is 1. The van der Waals surface area contributed by atoms with E-state index in [1.807, 2.05) is 24.3 Å². The molecule has 0 saturated carbocycles. The van der Waals surface area contributed by atoms with Gasteiger partial charge in [-0.1, -0.05) is 22.9 Å². The molecule has 1 aliphatic heterocycles. The smallest absolute Gasteiger partial charge is 0.344 e. The van der Waals surface area contributed by atoms with Gasteiger partial charge in [-0.2, -0.15) is 5.01 Å². The zero-order chi connectivity index (χ0) is 19.3. The van der Waals surface area contributed by atoms with E-state index in [1.165, 1.54) is 0 Å². The van der Waals surface area contributed by atoms with Crippen LogP contribution in [0.25, 0.3) is 0 Å². The number of nitrogens with zero attached hydrogens (tertiary/aromatic N) is 2. The summed E-state index contributed by atoms with van der Waals surface area (Å²) in [7, 11) is 1.76. The number of nitrogens with one attached hydrogen (secondary N) is 2. The summed E-state index contributed by atoms with van der Waals surface area (Å²) in [4.78, 5) is 37.9. The number of hydrazine groups is 1. The summed E-state index contributed by atoms with van der Waals surface area (Å²) in [5.74, 6) is -0.163. The molecular weight excluding hydrogens is 404 g/mol. The molecule has 142 valence electrons. The lowest BCUT2D eigenvalue weighted by Crippen LogP contribution is -2.51. The van der Waals surface area contributed by atoms with Gasteiger partial charge in [-0.05, 0) is 44.7 Å². The molecule has 0 spiro atoms. The highest BCUT2D eigenvalue weighted by Gasteiger charge is 2.47. The highest BCUT2D eigenvalue weighted by molar-refractivity contribution is 9.10. The van der Waals surface area contributed by atoms with Gasteiger partial charge in [-0.25, -0.2) is 4.79 Å². The molecule has 8 nitrogen and oxygen atoms in total. The Hall–Kier alpha value is -2.13. The molecule has 0 aliphatic carbocycles. The lowest BCUT2D eigenvalue weighted by Gasteiger charge is -2.21. The molecule has 0 radical (unpaired) electrons. The maximum atomic E-state index is 12.2. The fourth-order valence-electron chi connectivity index (χ4n) is 2.36. The van der Waals surface area contributed by atoms with Gasteiger partial charge in [-0.15, -0.1) is 0 Å². The van der Waals surface area contributed by atoms with E-state index in [0.29, 0.717) is 19.6 Å². The summed E-state index contributed by atoms with van der Waals surface area (Å²) in [6.07, 6.45) is 0.442. The molecule has 2 N–H and O–H groups in total. The van der Waals surface area contributed by atoms with Crippen molar-refractivity contribution in [2.75, 3.05) is 26.7 Å². The van der Waals surface area contributed by atoms with Crippen molar-refractivity contribution >= 4 is 33.8 Å². The van der Waals surface area contributed by atoms with E-state index in [1.54, 1.807) is 25.8 Å². The third-order valence-corrected chi connectivity index (χ3v) is 4.70. The van der Waals surface area contributed by atoms with E-state index < -0.39 is 23.4 Å². The Balaban J connectivity index is 1.76. The summed E-state index contributed by atoms with van der Waals surface area (Å²) in [5, 5.41) is 3.33. The van der Waals surface area contributed by atoms with Crippen molar-refractivity contribution in [1.82, 2.24) is 20.7 Å². The van der Waals surface area contributed by atoms with Gasteiger partial charge in [0.25, 0.3) is 11.8 Å². The van der Waals surface area contributed by atoms with Crippen molar-refractivity contribution in [3.05, 3.63) is 28.7 Å². The first-order chi connectivity index (χ1) is 12.2. The van der Waals surface area contributed by atoms with Gasteiger partial charge in [-0.3, -0.25) is 19.9 Å². The number of halogens is 1. The van der Waals surface area contributed by atoms with Gasteiger partial charge in [0.05, 0.1) is 6.54 Å². The number of carbonyl (C=O) groups excluding carboxylic acids is 3. The number of hydrogen-bond donors (Lipinski definition) is 2. The van der Waals surface area contributed by atoms with Crippen LogP contribution in [0.5, 0.6) is 5.75 Å². The lowest BCUT2D eigenvalue weighted by molar-refractivity contribution is -0.139. The quantitative estimate of drug-likeness (QED) is 0.614. The first-order valence-electron chi connectivity index (χ1n) is 8.28. The van der Waals surface area contributed by atoms with E-state index in [0.717, 1.165) is 15.2 Å². The number of hydrogen-bond acceptors (Lipinski definition) is 5. The predicted octanol–water partition coefficient (Wildman–Crippen LogP) is 1.51. The van der Waals surface area contributed by atoms with Crippen LogP contribution < -0.4 is 15.5 Å². The van der Waals surface area contributed by atoms with Gasteiger partial charge in [0.15, 0.2) is 0 Å². The summed E-state index contributed by atoms with van der Waals surface area (Å²) < 4.78 is 6.57. The van der Waals surface area contributed by atoms with Crippen LogP contribution in [0.15, 0.2) is 28.7 Å². The number of imide groups is 1. The van der Waals surface area contributed by atoms with Crippen molar-refractivity contribution in [3.8, 4) is 5.75 Å². The Morgan fingerprint density at radius 3 is 2.58 bits per heavy atom. The molecule has 1 atom stereocenters. The second kappa shape index (κ2) is 8.50. The standard InChI is InChI=1S/C17H23BrN4O4/c1-4-17(2)15(24)22(16(25)19-17)20-14(23)11-21(3)9-10-26-13-7-5-12(18)6-8-13/h5-8H,4,9-11H2,1-3H3,(H,19,25)(H,20,23). The molecule has 0 aromatic heterocycles. The largest absolute Gasteiger partial charge is 0.492 e. The van der Waals surface area contributed by atoms with Crippen LogP contribution in [0, 0.1) is 0 Å². The molecule has 26 heavy (non-hydrogen) atoms. The number of likely N-dealkylation sites (N-methyl/N-ethyl adjacent to an activating group) is 1. The Bertz CT molecular complexity index is 682. The molecule has 4 amide bonds. The highest BCUT2D eigenvalue weighted by atomic mass is 79.9. The molecule has 1 aromatic rings. The summed E-state index contributed by atoms with van der Waals surface area (Å²) >= 11 is 3.36. The second-order valence-corrected chi connectivity index (χ2v) is 7.25. The first-order valence-corrected chi connectivity index (χ1v) is 9.07. The lowest BCUT2D eigenvalue weighted by atomic mass is 10.00. The molecule has 9 heteroatoms. The maximum Gasteiger partial charge on any atom is 0.344 e. The van der Waals surface area contributed by atoms with Crippen molar-refractivity contribution in [2.45, 2.75) is 25.8 Å².